The largest absolute Gasteiger partial charge is 0.481 e. The Morgan fingerprint density at radius 3 is 2.71 bits per heavy atom. The van der Waals surface area contributed by atoms with Gasteiger partial charge in [0.1, 0.15) is 0 Å². The van der Waals surface area contributed by atoms with Crippen LogP contribution in [0.3, 0.4) is 0 Å². The van der Waals surface area contributed by atoms with Gasteiger partial charge in [0, 0.05) is 0 Å². The number of carboxylic acid groups (broad SMARTS) is 1. The van der Waals surface area contributed by atoms with Crippen LogP contribution in [0.5, 0.6) is 0 Å². The number of fused-ring (bicyclic) bond motifs is 1. The van der Waals surface area contributed by atoms with Crippen LogP contribution in [-0.4, -0.2) is 11.1 Å². The maximum absolute atomic E-state index is 11.0. The third kappa shape index (κ3) is 2.68. The predicted octanol–water partition coefficient (Wildman–Crippen LogP) is 3.22. The topological polar surface area (TPSA) is 37.3 Å². The van der Waals surface area contributed by atoms with Crippen LogP contribution in [0.15, 0.2) is 18.2 Å². The zero-order valence-corrected chi connectivity index (χ0v) is 10.6. The Morgan fingerprint density at radius 2 is 2.00 bits per heavy atom. The first-order chi connectivity index (χ1) is 7.99. The van der Waals surface area contributed by atoms with Crippen molar-refractivity contribution in [3.8, 4) is 0 Å². The number of aliphatic carboxylic acids is 1. The Morgan fingerprint density at radius 1 is 1.29 bits per heavy atom. The van der Waals surface area contributed by atoms with Gasteiger partial charge in [0.25, 0.3) is 0 Å². The molecule has 0 bridgehead atoms. The summed E-state index contributed by atoms with van der Waals surface area (Å²) in [6.07, 6.45) is 5.20. The van der Waals surface area contributed by atoms with E-state index >= 15 is 0 Å². The first kappa shape index (κ1) is 12.2. The zero-order valence-electron chi connectivity index (χ0n) is 10.6. The van der Waals surface area contributed by atoms with Gasteiger partial charge in [-0.05, 0) is 62.6 Å². The molecule has 0 heterocycles. The lowest BCUT2D eigenvalue weighted by molar-refractivity contribution is -0.147. The molecule has 0 atom stereocenters. The van der Waals surface area contributed by atoms with Gasteiger partial charge >= 0.3 is 5.97 Å². The Labute approximate surface area is 103 Å². The first-order valence-electron chi connectivity index (χ1n) is 6.33. The lowest BCUT2D eigenvalue weighted by Crippen LogP contribution is -2.24. The van der Waals surface area contributed by atoms with E-state index in [1.54, 1.807) is 13.8 Å². The minimum atomic E-state index is -0.710. The minimum Gasteiger partial charge on any atom is -0.481 e. The fourth-order valence-electron chi connectivity index (χ4n) is 2.34. The molecule has 0 amide bonds. The quantitative estimate of drug-likeness (QED) is 0.865. The summed E-state index contributed by atoms with van der Waals surface area (Å²) in [7, 11) is 0. The molecule has 17 heavy (non-hydrogen) atoms. The molecule has 0 fully saturated rings. The molecule has 92 valence electrons. The van der Waals surface area contributed by atoms with E-state index in [4.69, 9.17) is 5.11 Å². The molecule has 0 radical (unpaired) electrons. The van der Waals surface area contributed by atoms with Crippen LogP contribution in [0, 0.1) is 5.41 Å². The van der Waals surface area contributed by atoms with E-state index in [0.29, 0.717) is 6.42 Å². The molecule has 1 aromatic rings. The van der Waals surface area contributed by atoms with Crippen molar-refractivity contribution in [2.75, 3.05) is 0 Å². The minimum absolute atomic E-state index is 0.626. The standard InChI is InChI=1S/C15H20O2/c1-15(2,14(16)17)9-8-11-6-7-12-4-3-5-13(12)10-11/h6-7,10H,3-5,8-9H2,1-2H3,(H,16,17). The van der Waals surface area contributed by atoms with Gasteiger partial charge in [0.15, 0.2) is 0 Å². The summed E-state index contributed by atoms with van der Waals surface area (Å²) in [5.74, 6) is -0.710. The van der Waals surface area contributed by atoms with Gasteiger partial charge in [0.05, 0.1) is 5.41 Å². The van der Waals surface area contributed by atoms with Crippen LogP contribution >= 0.6 is 0 Å². The van der Waals surface area contributed by atoms with Crippen molar-refractivity contribution in [1.29, 1.82) is 0 Å². The van der Waals surface area contributed by atoms with E-state index in [1.807, 2.05) is 0 Å². The van der Waals surface area contributed by atoms with Crippen molar-refractivity contribution in [2.24, 2.45) is 5.41 Å². The van der Waals surface area contributed by atoms with E-state index in [-0.39, 0.29) is 0 Å². The average Bonchev–Trinajstić information content (AvgIpc) is 2.73. The molecule has 0 aliphatic heterocycles. The van der Waals surface area contributed by atoms with Crippen LogP contribution in [-0.2, 0) is 24.1 Å². The van der Waals surface area contributed by atoms with Crippen LogP contribution in [0.25, 0.3) is 0 Å². The van der Waals surface area contributed by atoms with Crippen LogP contribution in [0.4, 0.5) is 0 Å². The Balaban J connectivity index is 2.03. The molecule has 0 spiro atoms. The van der Waals surface area contributed by atoms with E-state index in [9.17, 15) is 4.79 Å². The van der Waals surface area contributed by atoms with E-state index in [1.165, 1.54) is 36.0 Å². The number of hydrogen-bond donors (Lipinski definition) is 1. The molecule has 2 nitrogen and oxygen atoms in total. The fraction of sp³-hybridized carbons (Fsp3) is 0.533. The summed E-state index contributed by atoms with van der Waals surface area (Å²) in [5, 5.41) is 9.07. The highest BCUT2D eigenvalue weighted by Crippen LogP contribution is 2.26. The van der Waals surface area contributed by atoms with E-state index in [2.05, 4.69) is 18.2 Å². The van der Waals surface area contributed by atoms with E-state index in [0.717, 1.165) is 6.42 Å². The molecule has 0 saturated carbocycles. The Bertz CT molecular complexity index is 433. The second kappa shape index (κ2) is 4.52. The predicted molar refractivity (Wildman–Crippen MR) is 68.2 cm³/mol. The maximum atomic E-state index is 11.0. The third-order valence-electron chi connectivity index (χ3n) is 3.78. The Kier molecular flexibility index (Phi) is 3.23. The van der Waals surface area contributed by atoms with Crippen molar-refractivity contribution in [1.82, 2.24) is 0 Å². The summed E-state index contributed by atoms with van der Waals surface area (Å²) in [6.45, 7) is 3.59. The van der Waals surface area contributed by atoms with E-state index < -0.39 is 11.4 Å². The second-order valence-corrected chi connectivity index (χ2v) is 5.65. The summed E-state index contributed by atoms with van der Waals surface area (Å²) in [6, 6.07) is 6.63. The summed E-state index contributed by atoms with van der Waals surface area (Å²) in [4.78, 5) is 11.0. The molecule has 1 N–H and O–H groups in total. The van der Waals surface area contributed by atoms with Gasteiger partial charge in [0.2, 0.25) is 0 Å². The molecule has 1 aliphatic rings. The Hall–Kier alpha value is -1.31. The molecule has 2 heteroatoms. The number of carbonyl (C=O) groups is 1. The number of hydrogen-bond acceptors (Lipinski definition) is 1. The average molecular weight is 232 g/mol. The summed E-state index contributed by atoms with van der Waals surface area (Å²) < 4.78 is 0. The molecule has 1 aliphatic carbocycles. The normalized spacial score (nSPS) is 14.7. The van der Waals surface area contributed by atoms with Gasteiger partial charge in [-0.1, -0.05) is 18.2 Å². The highest BCUT2D eigenvalue weighted by Gasteiger charge is 2.26. The number of aryl methyl sites for hydroxylation is 3. The molecule has 0 unspecified atom stereocenters. The summed E-state index contributed by atoms with van der Waals surface area (Å²) in [5.41, 5.74) is 3.60. The van der Waals surface area contributed by atoms with Crippen molar-refractivity contribution in [2.45, 2.75) is 46.0 Å². The SMILES string of the molecule is CC(C)(CCc1ccc2c(c1)CCC2)C(=O)O. The van der Waals surface area contributed by atoms with Gasteiger partial charge < -0.3 is 5.11 Å². The second-order valence-electron chi connectivity index (χ2n) is 5.65. The zero-order chi connectivity index (χ0) is 12.5. The molecule has 1 aromatic carbocycles. The first-order valence-corrected chi connectivity index (χ1v) is 6.33. The van der Waals surface area contributed by atoms with Gasteiger partial charge in [-0.15, -0.1) is 0 Å². The summed E-state index contributed by atoms with van der Waals surface area (Å²) >= 11 is 0. The number of benzene rings is 1. The van der Waals surface area contributed by atoms with Crippen LogP contribution in [0.2, 0.25) is 0 Å². The third-order valence-corrected chi connectivity index (χ3v) is 3.78. The van der Waals surface area contributed by atoms with Crippen molar-refractivity contribution in [3.05, 3.63) is 34.9 Å². The van der Waals surface area contributed by atoms with Crippen LogP contribution < -0.4 is 0 Å². The van der Waals surface area contributed by atoms with Crippen molar-refractivity contribution in [3.63, 3.8) is 0 Å². The highest BCUT2D eigenvalue weighted by molar-refractivity contribution is 5.73. The molecule has 0 aromatic heterocycles. The number of rotatable bonds is 4. The van der Waals surface area contributed by atoms with Crippen molar-refractivity contribution >= 4 is 5.97 Å². The lowest BCUT2D eigenvalue weighted by Gasteiger charge is -2.18. The molecule has 2 rings (SSSR count). The molecular weight excluding hydrogens is 212 g/mol. The smallest absolute Gasteiger partial charge is 0.309 e. The molecular formula is C15H20O2. The lowest BCUT2D eigenvalue weighted by atomic mass is 9.86. The van der Waals surface area contributed by atoms with Gasteiger partial charge in [-0.2, -0.15) is 0 Å². The van der Waals surface area contributed by atoms with Crippen LogP contribution in [0.1, 0.15) is 43.4 Å². The van der Waals surface area contributed by atoms with Gasteiger partial charge in [-0.3, -0.25) is 4.79 Å². The fourth-order valence-corrected chi connectivity index (χ4v) is 2.34. The monoisotopic (exact) mass is 232 g/mol. The van der Waals surface area contributed by atoms with Gasteiger partial charge in [-0.25, -0.2) is 0 Å². The highest BCUT2D eigenvalue weighted by atomic mass is 16.4. The molecule has 0 saturated heterocycles. The number of carboxylic acids is 1. The van der Waals surface area contributed by atoms with Crippen molar-refractivity contribution < 1.29 is 9.90 Å². The maximum Gasteiger partial charge on any atom is 0.309 e.